The third-order valence-electron chi connectivity index (χ3n) is 5.21. The van der Waals surface area contributed by atoms with E-state index in [2.05, 4.69) is 15.6 Å². The number of hydrogen-bond donors (Lipinski definition) is 1. The molecule has 7 heteroatoms. The summed E-state index contributed by atoms with van der Waals surface area (Å²) in [7, 11) is 0. The largest absolute Gasteiger partial charge is 0.339 e. The van der Waals surface area contributed by atoms with Crippen LogP contribution in [0, 0.1) is 6.92 Å². The quantitative estimate of drug-likeness (QED) is 0.757. The molecule has 0 bridgehead atoms. The Bertz CT molecular complexity index is 1050. The monoisotopic (exact) mass is 377 g/mol. The van der Waals surface area contributed by atoms with Crippen LogP contribution in [0.25, 0.3) is 11.0 Å². The van der Waals surface area contributed by atoms with Crippen LogP contribution in [-0.2, 0) is 6.54 Å². The molecular formula is C21H23N5O2. The summed E-state index contributed by atoms with van der Waals surface area (Å²) < 4.78 is 1.78. The van der Waals surface area contributed by atoms with Crippen molar-refractivity contribution in [1.82, 2.24) is 19.9 Å². The van der Waals surface area contributed by atoms with Crippen molar-refractivity contribution in [2.24, 2.45) is 0 Å². The van der Waals surface area contributed by atoms with E-state index in [-0.39, 0.29) is 11.8 Å². The van der Waals surface area contributed by atoms with E-state index in [1.165, 1.54) is 0 Å². The van der Waals surface area contributed by atoms with Crippen molar-refractivity contribution in [2.45, 2.75) is 33.2 Å². The summed E-state index contributed by atoms with van der Waals surface area (Å²) in [5.41, 5.74) is 4.01. The van der Waals surface area contributed by atoms with Gasteiger partial charge in [-0.15, -0.1) is 5.10 Å². The van der Waals surface area contributed by atoms with Crippen LogP contribution in [0.2, 0.25) is 0 Å². The maximum absolute atomic E-state index is 12.9. The Morgan fingerprint density at radius 3 is 2.68 bits per heavy atom. The molecule has 0 spiro atoms. The Morgan fingerprint density at radius 1 is 1.14 bits per heavy atom. The number of amides is 2. The number of carbonyl (C=O) groups excluding carboxylic acids is 2. The fraction of sp³-hybridized carbons (Fsp3) is 0.333. The van der Waals surface area contributed by atoms with Crippen LogP contribution in [0.5, 0.6) is 0 Å². The number of benzene rings is 2. The van der Waals surface area contributed by atoms with Gasteiger partial charge in [0.25, 0.3) is 11.8 Å². The molecule has 2 heterocycles. The van der Waals surface area contributed by atoms with Gasteiger partial charge in [0.2, 0.25) is 0 Å². The normalized spacial score (nSPS) is 13.9. The summed E-state index contributed by atoms with van der Waals surface area (Å²) in [6.07, 6.45) is 2.05. The first-order valence-corrected chi connectivity index (χ1v) is 9.62. The number of nitrogens with zero attached hydrogens (tertiary/aromatic N) is 4. The molecule has 1 N–H and O–H groups in total. The van der Waals surface area contributed by atoms with Gasteiger partial charge in [0, 0.05) is 25.2 Å². The zero-order valence-electron chi connectivity index (χ0n) is 16.1. The van der Waals surface area contributed by atoms with Crippen LogP contribution < -0.4 is 5.32 Å². The van der Waals surface area contributed by atoms with Gasteiger partial charge < -0.3 is 10.2 Å². The molecule has 1 fully saturated rings. The molecule has 3 aromatic rings. The van der Waals surface area contributed by atoms with Crippen molar-refractivity contribution in [2.75, 3.05) is 18.4 Å². The van der Waals surface area contributed by atoms with Crippen molar-refractivity contribution in [3.63, 3.8) is 0 Å². The van der Waals surface area contributed by atoms with E-state index in [9.17, 15) is 9.59 Å². The second kappa shape index (κ2) is 7.42. The molecule has 1 aliphatic rings. The summed E-state index contributed by atoms with van der Waals surface area (Å²) in [5, 5.41) is 11.1. The maximum Gasteiger partial charge on any atom is 0.255 e. The second-order valence-electron chi connectivity index (χ2n) is 7.06. The minimum atomic E-state index is -0.266. The van der Waals surface area contributed by atoms with Crippen molar-refractivity contribution >= 4 is 28.5 Å². The van der Waals surface area contributed by atoms with Crippen molar-refractivity contribution in [3.05, 3.63) is 53.1 Å². The highest BCUT2D eigenvalue weighted by molar-refractivity contribution is 6.10. The van der Waals surface area contributed by atoms with Gasteiger partial charge in [-0.2, -0.15) is 0 Å². The van der Waals surface area contributed by atoms with E-state index in [0.717, 1.165) is 37.0 Å². The minimum absolute atomic E-state index is 0.0298. The zero-order valence-corrected chi connectivity index (χ0v) is 16.1. The van der Waals surface area contributed by atoms with Gasteiger partial charge in [-0.1, -0.05) is 17.3 Å². The molecule has 0 atom stereocenters. The number of carbonyl (C=O) groups is 2. The van der Waals surface area contributed by atoms with E-state index < -0.39 is 0 Å². The van der Waals surface area contributed by atoms with E-state index >= 15 is 0 Å². The molecule has 0 unspecified atom stereocenters. The number of rotatable bonds is 4. The van der Waals surface area contributed by atoms with Crippen LogP contribution >= 0.6 is 0 Å². The molecule has 1 aromatic heterocycles. The van der Waals surface area contributed by atoms with E-state index in [4.69, 9.17) is 0 Å². The molecule has 7 nitrogen and oxygen atoms in total. The first kappa shape index (κ1) is 18.2. The molecule has 4 rings (SSSR count). The number of para-hydroxylation sites is 1. The highest BCUT2D eigenvalue weighted by Crippen LogP contribution is 2.25. The lowest BCUT2D eigenvalue weighted by Gasteiger charge is -2.19. The van der Waals surface area contributed by atoms with Gasteiger partial charge in [0.05, 0.1) is 16.8 Å². The molecule has 0 saturated carbocycles. The Morgan fingerprint density at radius 2 is 1.93 bits per heavy atom. The van der Waals surface area contributed by atoms with Crippen molar-refractivity contribution in [1.29, 1.82) is 0 Å². The number of aromatic nitrogens is 3. The van der Waals surface area contributed by atoms with Crippen LogP contribution in [-0.4, -0.2) is 44.8 Å². The number of hydrogen-bond acceptors (Lipinski definition) is 4. The third kappa shape index (κ3) is 3.24. The number of fused-ring (bicyclic) bond motifs is 1. The van der Waals surface area contributed by atoms with Gasteiger partial charge in [-0.25, -0.2) is 4.68 Å². The lowest BCUT2D eigenvalue weighted by molar-refractivity contribution is 0.0794. The predicted octanol–water partition coefficient (Wildman–Crippen LogP) is 3.25. The van der Waals surface area contributed by atoms with Gasteiger partial charge in [0.1, 0.15) is 5.52 Å². The predicted molar refractivity (Wildman–Crippen MR) is 107 cm³/mol. The summed E-state index contributed by atoms with van der Waals surface area (Å²) in [6.45, 7) is 6.14. The third-order valence-corrected chi connectivity index (χ3v) is 5.21. The minimum Gasteiger partial charge on any atom is -0.339 e. The van der Waals surface area contributed by atoms with Gasteiger partial charge in [0.15, 0.2) is 0 Å². The van der Waals surface area contributed by atoms with E-state index in [0.29, 0.717) is 28.9 Å². The van der Waals surface area contributed by atoms with Crippen molar-refractivity contribution in [3.8, 4) is 0 Å². The zero-order chi connectivity index (χ0) is 19.7. The second-order valence-corrected chi connectivity index (χ2v) is 7.06. The van der Waals surface area contributed by atoms with Gasteiger partial charge in [-0.05, 0) is 56.5 Å². The molecule has 0 aliphatic carbocycles. The summed E-state index contributed by atoms with van der Waals surface area (Å²) >= 11 is 0. The molecule has 0 radical (unpaired) electrons. The first-order chi connectivity index (χ1) is 13.6. The van der Waals surface area contributed by atoms with Crippen LogP contribution in [0.1, 0.15) is 46.0 Å². The molecule has 2 amide bonds. The fourth-order valence-electron chi connectivity index (χ4n) is 3.64. The topological polar surface area (TPSA) is 80.1 Å². The molecule has 2 aromatic carbocycles. The average Bonchev–Trinajstić information content (AvgIpc) is 3.38. The van der Waals surface area contributed by atoms with Gasteiger partial charge >= 0.3 is 0 Å². The number of aryl methyl sites for hydroxylation is 2. The Labute approximate surface area is 163 Å². The van der Waals surface area contributed by atoms with Crippen LogP contribution in [0.15, 0.2) is 36.4 Å². The number of nitrogens with one attached hydrogen (secondary N) is 1. The highest BCUT2D eigenvalue weighted by atomic mass is 16.2. The maximum atomic E-state index is 12.9. The molecule has 1 aliphatic heterocycles. The van der Waals surface area contributed by atoms with Crippen LogP contribution in [0.4, 0.5) is 5.69 Å². The Hall–Kier alpha value is -3.22. The number of anilines is 1. The summed E-state index contributed by atoms with van der Waals surface area (Å²) in [6, 6.07) is 10.9. The number of likely N-dealkylation sites (tertiary alicyclic amines) is 1. The van der Waals surface area contributed by atoms with E-state index in [1.54, 1.807) is 22.9 Å². The first-order valence-electron chi connectivity index (χ1n) is 9.62. The summed E-state index contributed by atoms with van der Waals surface area (Å²) in [4.78, 5) is 27.6. The average molecular weight is 377 g/mol. The molecule has 1 saturated heterocycles. The van der Waals surface area contributed by atoms with Crippen molar-refractivity contribution < 1.29 is 9.59 Å². The smallest absolute Gasteiger partial charge is 0.255 e. The molecule has 28 heavy (non-hydrogen) atoms. The lowest BCUT2D eigenvalue weighted by Crippen LogP contribution is -2.29. The standard InChI is InChI=1S/C21H23N5O2/c1-3-26-18-10-9-15(13-17(18)23-24-26)20(27)22-19-14(2)7-6-8-16(19)21(28)25-11-4-5-12-25/h6-10,13H,3-5,11-12H2,1-2H3,(H,22,27). The van der Waals surface area contributed by atoms with Gasteiger partial charge in [-0.3, -0.25) is 9.59 Å². The Kier molecular flexibility index (Phi) is 4.81. The fourth-order valence-corrected chi connectivity index (χ4v) is 3.64. The van der Waals surface area contributed by atoms with Crippen LogP contribution in [0.3, 0.4) is 0 Å². The van der Waals surface area contributed by atoms with E-state index in [1.807, 2.05) is 36.9 Å². The molecule has 144 valence electrons. The Balaban J connectivity index is 1.63. The molecular weight excluding hydrogens is 354 g/mol. The SMILES string of the molecule is CCn1nnc2cc(C(=O)Nc3c(C)cccc3C(=O)N3CCCC3)ccc21. The highest BCUT2D eigenvalue weighted by Gasteiger charge is 2.23. The summed E-state index contributed by atoms with van der Waals surface area (Å²) in [5.74, 6) is -0.296. The lowest BCUT2D eigenvalue weighted by atomic mass is 10.1.